The Morgan fingerprint density at radius 1 is 1.33 bits per heavy atom. The molecule has 2 nitrogen and oxygen atoms in total. The van der Waals surface area contributed by atoms with E-state index < -0.39 is 0 Å². The van der Waals surface area contributed by atoms with Gasteiger partial charge in [-0.2, -0.15) is 0 Å². The molecule has 1 spiro atoms. The Balaban J connectivity index is 1.87. The zero-order chi connectivity index (χ0) is 8.18. The van der Waals surface area contributed by atoms with Crippen LogP contribution in [-0.2, 0) is 4.74 Å². The topological polar surface area (TPSA) is 35.2 Å². The lowest BCUT2D eigenvalue weighted by Gasteiger charge is -2.56. The summed E-state index contributed by atoms with van der Waals surface area (Å²) in [7, 11) is 0. The molecule has 0 amide bonds. The van der Waals surface area contributed by atoms with Gasteiger partial charge >= 0.3 is 0 Å². The van der Waals surface area contributed by atoms with Gasteiger partial charge in [0.15, 0.2) is 0 Å². The van der Waals surface area contributed by atoms with Gasteiger partial charge in [-0.1, -0.05) is 0 Å². The van der Waals surface area contributed by atoms with Crippen molar-refractivity contribution in [1.29, 1.82) is 0 Å². The van der Waals surface area contributed by atoms with Gasteiger partial charge in [0.1, 0.15) is 0 Å². The Morgan fingerprint density at radius 3 is 3.08 bits per heavy atom. The highest BCUT2D eigenvalue weighted by Crippen LogP contribution is 2.58. The van der Waals surface area contributed by atoms with E-state index in [4.69, 9.17) is 10.5 Å². The van der Waals surface area contributed by atoms with Crippen molar-refractivity contribution in [1.82, 2.24) is 0 Å². The van der Waals surface area contributed by atoms with Crippen molar-refractivity contribution in [2.24, 2.45) is 17.6 Å². The lowest BCUT2D eigenvalue weighted by atomic mass is 9.54. The highest BCUT2D eigenvalue weighted by molar-refractivity contribution is 5.12. The van der Waals surface area contributed by atoms with Gasteiger partial charge in [-0.15, -0.1) is 0 Å². The van der Waals surface area contributed by atoms with Crippen LogP contribution < -0.4 is 5.73 Å². The van der Waals surface area contributed by atoms with Crippen LogP contribution in [-0.4, -0.2) is 18.2 Å². The number of hydrogen-bond acceptors (Lipinski definition) is 2. The molecule has 2 aliphatic carbocycles. The Hall–Kier alpha value is -0.0800. The minimum atomic E-state index is 0.275. The molecular formula is C10H17NO. The van der Waals surface area contributed by atoms with Crippen molar-refractivity contribution in [2.75, 3.05) is 6.61 Å². The van der Waals surface area contributed by atoms with Crippen LogP contribution in [0.25, 0.3) is 0 Å². The van der Waals surface area contributed by atoms with E-state index in [1.807, 2.05) is 0 Å². The van der Waals surface area contributed by atoms with Crippen LogP contribution in [0.2, 0.25) is 0 Å². The summed E-state index contributed by atoms with van der Waals surface area (Å²) < 4.78 is 5.93. The molecule has 0 aromatic heterocycles. The predicted octanol–water partition coefficient (Wildman–Crippen LogP) is 1.29. The smallest absolute Gasteiger partial charge is 0.0754 e. The summed E-state index contributed by atoms with van der Waals surface area (Å²) in [5.74, 6) is 1.58. The maximum atomic E-state index is 6.09. The molecule has 4 atom stereocenters. The van der Waals surface area contributed by atoms with Gasteiger partial charge in [0.05, 0.1) is 5.60 Å². The maximum Gasteiger partial charge on any atom is 0.0754 e. The third kappa shape index (κ3) is 0.686. The average molecular weight is 167 g/mol. The summed E-state index contributed by atoms with van der Waals surface area (Å²) in [6.45, 7) is 0.994. The highest BCUT2D eigenvalue weighted by Gasteiger charge is 2.61. The molecule has 0 bridgehead atoms. The summed E-state index contributed by atoms with van der Waals surface area (Å²) in [5, 5.41) is 0. The molecule has 1 heterocycles. The lowest BCUT2D eigenvalue weighted by molar-refractivity contribution is -0.163. The van der Waals surface area contributed by atoms with Gasteiger partial charge in [-0.3, -0.25) is 0 Å². The number of nitrogens with two attached hydrogens (primary N) is 1. The first-order valence-corrected chi connectivity index (χ1v) is 5.22. The molecule has 1 saturated heterocycles. The van der Waals surface area contributed by atoms with Crippen LogP contribution >= 0.6 is 0 Å². The Kier molecular flexibility index (Phi) is 1.37. The molecule has 0 aromatic carbocycles. The van der Waals surface area contributed by atoms with E-state index in [-0.39, 0.29) is 5.60 Å². The van der Waals surface area contributed by atoms with Gasteiger partial charge in [0.25, 0.3) is 0 Å². The van der Waals surface area contributed by atoms with Crippen molar-refractivity contribution >= 4 is 0 Å². The number of ether oxygens (including phenoxy) is 1. The molecule has 1 aliphatic heterocycles. The largest absolute Gasteiger partial charge is 0.374 e. The normalized spacial score (nSPS) is 57.2. The van der Waals surface area contributed by atoms with E-state index in [2.05, 4.69) is 0 Å². The second-order valence-corrected chi connectivity index (χ2v) is 4.69. The zero-order valence-corrected chi connectivity index (χ0v) is 7.46. The average Bonchev–Trinajstić information content (AvgIpc) is 2.33. The van der Waals surface area contributed by atoms with Crippen LogP contribution in [0.1, 0.15) is 32.1 Å². The standard InChI is InChI=1S/C10H17NO/c11-9-2-1-4-10-7(3-5-12-10)6-8(9)10/h7-9H,1-6,11H2. The van der Waals surface area contributed by atoms with Gasteiger partial charge in [0, 0.05) is 18.6 Å². The molecular weight excluding hydrogens is 150 g/mol. The fourth-order valence-corrected chi connectivity index (χ4v) is 3.64. The molecule has 2 heteroatoms. The third-order valence-corrected chi connectivity index (χ3v) is 4.32. The van der Waals surface area contributed by atoms with Gasteiger partial charge in [-0.25, -0.2) is 0 Å². The fraction of sp³-hybridized carbons (Fsp3) is 1.00. The SMILES string of the molecule is NC1CCCC23OCCC2CC13. The second-order valence-electron chi connectivity index (χ2n) is 4.69. The molecule has 68 valence electrons. The first kappa shape index (κ1) is 7.34. The Bertz CT molecular complexity index is 206. The molecule has 3 rings (SSSR count). The molecule has 0 aromatic rings. The summed E-state index contributed by atoms with van der Waals surface area (Å²) in [6, 6.07) is 0.438. The van der Waals surface area contributed by atoms with Crippen LogP contribution in [0.5, 0.6) is 0 Å². The summed E-state index contributed by atoms with van der Waals surface area (Å²) in [4.78, 5) is 0. The fourth-order valence-electron chi connectivity index (χ4n) is 3.64. The summed E-state index contributed by atoms with van der Waals surface area (Å²) in [6.07, 6.45) is 6.44. The molecule has 3 fully saturated rings. The molecule has 0 radical (unpaired) electrons. The van der Waals surface area contributed by atoms with Gasteiger partial charge in [0.2, 0.25) is 0 Å². The monoisotopic (exact) mass is 167 g/mol. The number of rotatable bonds is 0. The second kappa shape index (κ2) is 2.24. The minimum absolute atomic E-state index is 0.275. The molecule has 3 aliphatic rings. The molecule has 4 unspecified atom stereocenters. The van der Waals surface area contributed by atoms with Crippen molar-refractivity contribution in [3.8, 4) is 0 Å². The Labute approximate surface area is 73.5 Å². The minimum Gasteiger partial charge on any atom is -0.374 e. The first-order chi connectivity index (χ1) is 5.83. The van der Waals surface area contributed by atoms with Crippen LogP contribution in [0, 0.1) is 11.8 Å². The molecule has 12 heavy (non-hydrogen) atoms. The maximum absolute atomic E-state index is 6.09. The van der Waals surface area contributed by atoms with Crippen LogP contribution in [0.3, 0.4) is 0 Å². The van der Waals surface area contributed by atoms with Crippen molar-refractivity contribution in [3.63, 3.8) is 0 Å². The predicted molar refractivity (Wildman–Crippen MR) is 46.7 cm³/mol. The van der Waals surface area contributed by atoms with E-state index >= 15 is 0 Å². The quantitative estimate of drug-likeness (QED) is 0.590. The highest BCUT2D eigenvalue weighted by atomic mass is 16.5. The van der Waals surface area contributed by atoms with E-state index in [0.717, 1.165) is 12.5 Å². The lowest BCUT2D eigenvalue weighted by Crippen LogP contribution is -2.62. The Morgan fingerprint density at radius 2 is 2.25 bits per heavy atom. The zero-order valence-electron chi connectivity index (χ0n) is 7.46. The van der Waals surface area contributed by atoms with Gasteiger partial charge in [-0.05, 0) is 38.0 Å². The summed E-state index contributed by atoms with van der Waals surface area (Å²) in [5.41, 5.74) is 6.37. The molecule has 2 N–H and O–H groups in total. The molecule has 2 saturated carbocycles. The van der Waals surface area contributed by atoms with E-state index in [9.17, 15) is 0 Å². The summed E-state index contributed by atoms with van der Waals surface area (Å²) >= 11 is 0. The van der Waals surface area contributed by atoms with Gasteiger partial charge < -0.3 is 10.5 Å². The van der Waals surface area contributed by atoms with E-state index in [1.165, 1.54) is 32.1 Å². The number of hydrogen-bond donors (Lipinski definition) is 1. The van der Waals surface area contributed by atoms with Crippen LogP contribution in [0.4, 0.5) is 0 Å². The van der Waals surface area contributed by atoms with Crippen molar-refractivity contribution in [3.05, 3.63) is 0 Å². The first-order valence-electron chi connectivity index (χ1n) is 5.22. The van der Waals surface area contributed by atoms with E-state index in [0.29, 0.717) is 12.0 Å². The van der Waals surface area contributed by atoms with E-state index in [1.54, 1.807) is 0 Å². The van der Waals surface area contributed by atoms with Crippen LogP contribution in [0.15, 0.2) is 0 Å². The van der Waals surface area contributed by atoms with Crippen molar-refractivity contribution in [2.45, 2.75) is 43.7 Å². The third-order valence-electron chi connectivity index (χ3n) is 4.32. The van der Waals surface area contributed by atoms with Crippen molar-refractivity contribution < 1.29 is 4.74 Å².